The smallest absolute Gasteiger partial charge is 0.223 e. The Labute approximate surface area is 78.9 Å². The number of hydrogen-bond donors (Lipinski definition) is 3. The highest BCUT2D eigenvalue weighted by Crippen LogP contribution is 2.18. The van der Waals surface area contributed by atoms with Crippen LogP contribution in [0.1, 0.15) is 0 Å². The molecule has 1 heterocycles. The van der Waals surface area contributed by atoms with Gasteiger partial charge in [-0.15, -0.1) is 0 Å². The number of rotatable bonds is 0. The number of nitriles is 2. The second kappa shape index (κ2) is 3.55. The van der Waals surface area contributed by atoms with Crippen molar-refractivity contribution in [3.63, 3.8) is 0 Å². The molecule has 1 saturated heterocycles. The van der Waals surface area contributed by atoms with Crippen molar-refractivity contribution in [3.8, 4) is 12.1 Å². The molecule has 6 heteroatoms. The van der Waals surface area contributed by atoms with Crippen LogP contribution in [0.2, 0.25) is 0 Å². The number of ketones is 1. The Hall–Kier alpha value is -2.40. The van der Waals surface area contributed by atoms with Crippen LogP contribution in [0.25, 0.3) is 0 Å². The standard InChI is InChI=1S/C8H4N4O2/c9-1-4(2-10)6-5(3-11)7(13)8(14)12-6/h8,11-12,14H. The Morgan fingerprint density at radius 1 is 1.50 bits per heavy atom. The largest absolute Gasteiger partial charge is 0.367 e. The summed E-state index contributed by atoms with van der Waals surface area (Å²) in [6.45, 7) is 0. The van der Waals surface area contributed by atoms with E-state index in [4.69, 9.17) is 21.0 Å². The van der Waals surface area contributed by atoms with Gasteiger partial charge in [0.15, 0.2) is 11.8 Å². The average molecular weight is 188 g/mol. The molecule has 1 unspecified atom stereocenters. The van der Waals surface area contributed by atoms with Gasteiger partial charge in [0.25, 0.3) is 0 Å². The van der Waals surface area contributed by atoms with E-state index in [1.54, 1.807) is 18.0 Å². The van der Waals surface area contributed by atoms with E-state index in [1.807, 2.05) is 0 Å². The van der Waals surface area contributed by atoms with Crippen LogP contribution in [0, 0.1) is 28.1 Å². The maximum atomic E-state index is 11.1. The van der Waals surface area contributed by atoms with Gasteiger partial charge in [-0.2, -0.15) is 10.5 Å². The van der Waals surface area contributed by atoms with Gasteiger partial charge in [0.1, 0.15) is 17.7 Å². The minimum atomic E-state index is -1.51. The number of nitrogens with zero attached hydrogens (tertiary/aromatic N) is 2. The van der Waals surface area contributed by atoms with Crippen LogP contribution in [-0.2, 0) is 4.79 Å². The highest BCUT2D eigenvalue weighted by molar-refractivity contribution is 6.12. The minimum absolute atomic E-state index is 0.137. The van der Waals surface area contributed by atoms with Gasteiger partial charge >= 0.3 is 0 Å². The van der Waals surface area contributed by atoms with E-state index in [1.165, 1.54) is 0 Å². The lowest BCUT2D eigenvalue weighted by Crippen LogP contribution is -2.25. The van der Waals surface area contributed by atoms with Crippen LogP contribution < -0.4 is 5.32 Å². The molecule has 0 aromatic heterocycles. The lowest BCUT2D eigenvalue weighted by Gasteiger charge is -1.98. The summed E-state index contributed by atoms with van der Waals surface area (Å²) in [5.74, 6) is 1.01. The van der Waals surface area contributed by atoms with Crippen LogP contribution in [0.4, 0.5) is 0 Å². The zero-order valence-corrected chi connectivity index (χ0v) is 6.83. The normalized spacial score (nSPS) is 19.4. The number of hydrogen-bond acceptors (Lipinski definition) is 6. The minimum Gasteiger partial charge on any atom is -0.367 e. The molecule has 0 saturated carbocycles. The molecule has 3 N–H and O–H groups in total. The molecule has 1 aliphatic rings. The molecule has 0 spiro atoms. The van der Waals surface area contributed by atoms with Gasteiger partial charge in [-0.25, -0.2) is 0 Å². The predicted molar refractivity (Wildman–Crippen MR) is 43.6 cm³/mol. The molecule has 0 aromatic rings. The van der Waals surface area contributed by atoms with Crippen molar-refractivity contribution in [2.45, 2.75) is 6.23 Å². The van der Waals surface area contributed by atoms with E-state index in [0.29, 0.717) is 0 Å². The summed E-state index contributed by atoms with van der Waals surface area (Å²) in [7, 11) is 0. The van der Waals surface area contributed by atoms with Gasteiger partial charge in [0.2, 0.25) is 5.78 Å². The molecule has 1 atom stereocenters. The van der Waals surface area contributed by atoms with Gasteiger partial charge in [0.05, 0.1) is 5.70 Å². The molecule has 0 radical (unpaired) electrons. The summed E-state index contributed by atoms with van der Waals surface area (Å²) in [6.07, 6.45) is -1.51. The monoisotopic (exact) mass is 188 g/mol. The fourth-order valence-corrected chi connectivity index (χ4v) is 0.992. The van der Waals surface area contributed by atoms with E-state index in [2.05, 4.69) is 5.32 Å². The first-order valence-electron chi connectivity index (χ1n) is 3.49. The first-order chi connectivity index (χ1) is 6.65. The molecule has 1 fully saturated rings. The zero-order valence-electron chi connectivity index (χ0n) is 6.83. The number of aliphatic hydroxyl groups excluding tert-OH is 1. The van der Waals surface area contributed by atoms with Crippen LogP contribution in [0.5, 0.6) is 0 Å². The summed E-state index contributed by atoms with van der Waals surface area (Å²) in [4.78, 5) is 11.1. The molecule has 0 amide bonds. The molecule has 1 aliphatic heterocycles. The molecule has 0 bridgehead atoms. The summed E-state index contributed by atoms with van der Waals surface area (Å²) in [5, 5.41) is 35.1. The van der Waals surface area contributed by atoms with Crippen molar-refractivity contribution in [2.75, 3.05) is 0 Å². The molecule has 68 valence electrons. The van der Waals surface area contributed by atoms with Gasteiger partial charge in [0, 0.05) is 0 Å². The van der Waals surface area contributed by atoms with Gasteiger partial charge in [-0.3, -0.25) is 10.2 Å². The maximum Gasteiger partial charge on any atom is 0.223 e. The average Bonchev–Trinajstić information content (AvgIpc) is 2.45. The lowest BCUT2D eigenvalue weighted by atomic mass is 10.1. The van der Waals surface area contributed by atoms with E-state index in [9.17, 15) is 4.79 Å². The summed E-state index contributed by atoms with van der Waals surface area (Å²) >= 11 is 0. The maximum absolute atomic E-state index is 11.1. The van der Waals surface area contributed by atoms with Crippen molar-refractivity contribution in [2.24, 2.45) is 0 Å². The van der Waals surface area contributed by atoms with E-state index in [-0.39, 0.29) is 16.8 Å². The Morgan fingerprint density at radius 2 is 2.07 bits per heavy atom. The van der Waals surface area contributed by atoms with Gasteiger partial charge < -0.3 is 10.4 Å². The van der Waals surface area contributed by atoms with Crippen molar-refractivity contribution < 1.29 is 9.90 Å². The van der Waals surface area contributed by atoms with E-state index in [0.717, 1.165) is 0 Å². The van der Waals surface area contributed by atoms with Gasteiger partial charge in [-0.05, 0) is 5.87 Å². The van der Waals surface area contributed by atoms with Crippen LogP contribution in [-0.4, -0.2) is 23.0 Å². The predicted octanol–water partition coefficient (Wildman–Crippen LogP) is -1.05. The SMILES string of the molecule is N#CC(C#N)=C1NC(O)C(=O)C1=C=N. The van der Waals surface area contributed by atoms with E-state index < -0.39 is 12.0 Å². The lowest BCUT2D eigenvalue weighted by molar-refractivity contribution is -0.122. The Morgan fingerprint density at radius 3 is 2.50 bits per heavy atom. The fraction of sp³-hybridized carbons (Fsp3) is 0.125. The molecule has 14 heavy (non-hydrogen) atoms. The fourth-order valence-electron chi connectivity index (χ4n) is 0.992. The van der Waals surface area contributed by atoms with Gasteiger partial charge in [-0.1, -0.05) is 0 Å². The molecular weight excluding hydrogens is 184 g/mol. The number of carbonyl (C=O) groups is 1. The molecule has 6 nitrogen and oxygen atoms in total. The first-order valence-corrected chi connectivity index (χ1v) is 3.49. The summed E-state index contributed by atoms with van der Waals surface area (Å²) < 4.78 is 0. The third kappa shape index (κ3) is 1.27. The number of carbonyl (C=O) groups excluding carboxylic acids is 1. The van der Waals surface area contributed by atoms with E-state index >= 15 is 0 Å². The van der Waals surface area contributed by atoms with Crippen molar-refractivity contribution in [1.82, 2.24) is 5.32 Å². The Bertz CT molecular complexity index is 441. The molecule has 1 rings (SSSR count). The van der Waals surface area contributed by atoms with Crippen molar-refractivity contribution in [1.29, 1.82) is 15.9 Å². The summed E-state index contributed by atoms with van der Waals surface area (Å²) in [5.41, 5.74) is -0.775. The number of nitrogens with one attached hydrogen (secondary N) is 2. The number of aliphatic hydroxyl groups is 1. The topological polar surface area (TPSA) is 121 Å². The molecule has 0 aliphatic carbocycles. The Balaban J connectivity index is 3.38. The zero-order chi connectivity index (χ0) is 10.7. The van der Waals surface area contributed by atoms with Crippen LogP contribution >= 0.6 is 0 Å². The Kier molecular flexibility index (Phi) is 2.45. The number of allylic oxidation sites excluding steroid dienone is 2. The summed E-state index contributed by atoms with van der Waals surface area (Å²) in [6, 6.07) is 3.10. The molecular formula is C8H4N4O2. The third-order valence-corrected chi connectivity index (χ3v) is 1.62. The first kappa shape index (κ1) is 9.69. The number of Topliss-reactive ketones (excluding diaryl/α,β-unsaturated/α-hetero) is 1. The quantitative estimate of drug-likeness (QED) is 0.254. The van der Waals surface area contributed by atoms with Crippen molar-refractivity contribution >= 4 is 11.7 Å². The highest BCUT2D eigenvalue weighted by atomic mass is 16.3. The van der Waals surface area contributed by atoms with Crippen LogP contribution in [0.3, 0.4) is 0 Å². The van der Waals surface area contributed by atoms with Crippen molar-refractivity contribution in [3.05, 3.63) is 16.8 Å². The highest BCUT2D eigenvalue weighted by Gasteiger charge is 2.33. The third-order valence-electron chi connectivity index (χ3n) is 1.62. The second-order valence-electron chi connectivity index (χ2n) is 2.38. The molecule has 0 aromatic carbocycles. The second-order valence-corrected chi connectivity index (χ2v) is 2.38. The van der Waals surface area contributed by atoms with Crippen LogP contribution in [0.15, 0.2) is 16.8 Å².